The molecule has 3 rings (SSSR count). The number of hydrogen-bond acceptors (Lipinski definition) is 6. The molecule has 7 nitrogen and oxygen atoms in total. The molecular formula is C18H23N3O4. The quantitative estimate of drug-likeness (QED) is 0.823. The van der Waals surface area contributed by atoms with Crippen LogP contribution in [0.3, 0.4) is 0 Å². The lowest BCUT2D eigenvalue weighted by Crippen LogP contribution is -2.44. The minimum Gasteiger partial charge on any atom is -0.490 e. The fraction of sp³-hybridized carbons (Fsp3) is 0.444. The number of nitrogens with one attached hydrogen (secondary N) is 1. The molecular weight excluding hydrogens is 322 g/mol. The van der Waals surface area contributed by atoms with Crippen molar-refractivity contribution in [2.45, 2.75) is 26.0 Å². The third kappa shape index (κ3) is 4.18. The smallest absolute Gasteiger partial charge is 0.252 e. The summed E-state index contributed by atoms with van der Waals surface area (Å²) in [7, 11) is 0. The maximum atomic E-state index is 11.7. The summed E-state index contributed by atoms with van der Waals surface area (Å²) in [5.41, 5.74) is 5.84. The van der Waals surface area contributed by atoms with Gasteiger partial charge in [0.15, 0.2) is 0 Å². The second-order valence-electron chi connectivity index (χ2n) is 6.25. The number of morpholine rings is 1. The topological polar surface area (TPSA) is 95.7 Å². The molecule has 1 atom stereocenters. The van der Waals surface area contributed by atoms with E-state index in [1.165, 1.54) is 0 Å². The first-order chi connectivity index (χ1) is 12.0. The molecule has 2 heterocycles. The van der Waals surface area contributed by atoms with Crippen molar-refractivity contribution in [3.63, 3.8) is 0 Å². The minimum absolute atomic E-state index is 0.0832. The third-order valence-electron chi connectivity index (χ3n) is 3.88. The predicted octanol–water partition coefficient (Wildman–Crippen LogP) is 1.49. The number of aromatic nitrogens is 1. The van der Waals surface area contributed by atoms with Crippen molar-refractivity contribution in [3.05, 3.63) is 30.0 Å². The zero-order valence-corrected chi connectivity index (χ0v) is 14.5. The van der Waals surface area contributed by atoms with Gasteiger partial charge in [-0.25, -0.2) is 4.98 Å². The number of nitrogens with zero attached hydrogens (tertiary/aromatic N) is 1. The van der Waals surface area contributed by atoms with Crippen LogP contribution in [-0.4, -0.2) is 49.4 Å². The molecule has 1 aromatic heterocycles. The van der Waals surface area contributed by atoms with E-state index in [9.17, 15) is 4.79 Å². The molecule has 1 fully saturated rings. The number of amides is 1. The lowest BCUT2D eigenvalue weighted by molar-refractivity contribution is 0.0588. The first kappa shape index (κ1) is 17.4. The Labute approximate surface area is 146 Å². The number of ether oxygens (including phenoxy) is 3. The normalized spacial score (nSPS) is 17.6. The van der Waals surface area contributed by atoms with Crippen molar-refractivity contribution in [1.29, 1.82) is 0 Å². The van der Waals surface area contributed by atoms with Crippen LogP contribution >= 0.6 is 0 Å². The molecule has 0 radical (unpaired) electrons. The van der Waals surface area contributed by atoms with Gasteiger partial charge in [0.2, 0.25) is 5.88 Å². The Kier molecular flexibility index (Phi) is 5.35. The van der Waals surface area contributed by atoms with Gasteiger partial charge in [-0.2, -0.15) is 0 Å². The minimum atomic E-state index is -0.527. The van der Waals surface area contributed by atoms with Gasteiger partial charge in [-0.15, -0.1) is 0 Å². The second-order valence-corrected chi connectivity index (χ2v) is 6.25. The zero-order chi connectivity index (χ0) is 17.8. The number of benzene rings is 1. The average molecular weight is 345 g/mol. The van der Waals surface area contributed by atoms with Crippen LogP contribution < -0.4 is 20.5 Å². The van der Waals surface area contributed by atoms with E-state index in [2.05, 4.69) is 10.3 Å². The van der Waals surface area contributed by atoms with Crippen LogP contribution in [0, 0.1) is 0 Å². The number of carbonyl (C=O) groups excluding carboxylic acids is 1. The van der Waals surface area contributed by atoms with Crippen LogP contribution in [0.1, 0.15) is 24.2 Å². The van der Waals surface area contributed by atoms with Crippen molar-refractivity contribution in [3.8, 4) is 11.6 Å². The Morgan fingerprint density at radius 1 is 1.48 bits per heavy atom. The number of pyridine rings is 1. The van der Waals surface area contributed by atoms with Gasteiger partial charge in [0, 0.05) is 18.1 Å². The fourth-order valence-electron chi connectivity index (χ4n) is 2.74. The molecule has 1 aliphatic heterocycles. The molecule has 1 aliphatic rings. The largest absolute Gasteiger partial charge is 0.490 e. The molecule has 134 valence electrons. The van der Waals surface area contributed by atoms with Crippen LogP contribution in [0.25, 0.3) is 10.8 Å². The average Bonchev–Trinajstić information content (AvgIpc) is 2.59. The Balaban J connectivity index is 1.91. The third-order valence-corrected chi connectivity index (χ3v) is 3.88. The summed E-state index contributed by atoms with van der Waals surface area (Å²) in [5, 5.41) is 4.93. The Bertz CT molecular complexity index is 757. The lowest BCUT2D eigenvalue weighted by Gasteiger charge is -2.23. The number of carbonyl (C=O) groups is 1. The highest BCUT2D eigenvalue weighted by molar-refractivity contribution is 6.01. The lowest BCUT2D eigenvalue weighted by atomic mass is 10.1. The summed E-state index contributed by atoms with van der Waals surface area (Å²) < 4.78 is 17.1. The van der Waals surface area contributed by atoms with Crippen molar-refractivity contribution in [2.75, 3.05) is 26.4 Å². The molecule has 7 heteroatoms. The van der Waals surface area contributed by atoms with Crippen LogP contribution in [0.15, 0.2) is 24.4 Å². The Morgan fingerprint density at radius 2 is 2.32 bits per heavy atom. The summed E-state index contributed by atoms with van der Waals surface area (Å²) >= 11 is 0. The first-order valence-corrected chi connectivity index (χ1v) is 8.37. The summed E-state index contributed by atoms with van der Waals surface area (Å²) in [6.45, 7) is 6.37. The SMILES string of the molecule is CC(C)Oc1cc2c(OC[C@H]3COCCN3)nccc2cc1C(N)=O. The van der Waals surface area contributed by atoms with Crippen LogP contribution in [0.2, 0.25) is 0 Å². The number of hydrogen-bond donors (Lipinski definition) is 2. The Hall–Kier alpha value is -2.38. The van der Waals surface area contributed by atoms with Gasteiger partial charge >= 0.3 is 0 Å². The van der Waals surface area contributed by atoms with Gasteiger partial charge in [-0.05, 0) is 37.4 Å². The van der Waals surface area contributed by atoms with Gasteiger partial charge in [0.05, 0.1) is 30.9 Å². The van der Waals surface area contributed by atoms with E-state index < -0.39 is 5.91 Å². The fourth-order valence-corrected chi connectivity index (χ4v) is 2.74. The summed E-state index contributed by atoms with van der Waals surface area (Å²) in [5.74, 6) is 0.404. The highest BCUT2D eigenvalue weighted by Crippen LogP contribution is 2.31. The summed E-state index contributed by atoms with van der Waals surface area (Å²) in [6.07, 6.45) is 1.57. The van der Waals surface area contributed by atoms with E-state index in [0.717, 1.165) is 23.9 Å². The monoisotopic (exact) mass is 345 g/mol. The number of rotatable bonds is 6. The molecule has 1 aromatic carbocycles. The van der Waals surface area contributed by atoms with E-state index >= 15 is 0 Å². The maximum absolute atomic E-state index is 11.7. The molecule has 0 unspecified atom stereocenters. The molecule has 0 saturated carbocycles. The van der Waals surface area contributed by atoms with Crippen molar-refractivity contribution in [2.24, 2.45) is 5.73 Å². The number of primary amides is 1. The van der Waals surface area contributed by atoms with E-state index in [4.69, 9.17) is 19.9 Å². The molecule has 0 spiro atoms. The first-order valence-electron chi connectivity index (χ1n) is 8.37. The van der Waals surface area contributed by atoms with Gasteiger partial charge in [0.25, 0.3) is 5.91 Å². The van der Waals surface area contributed by atoms with E-state index in [-0.39, 0.29) is 12.1 Å². The van der Waals surface area contributed by atoms with Crippen LogP contribution in [0.4, 0.5) is 0 Å². The molecule has 0 bridgehead atoms. The van der Waals surface area contributed by atoms with Crippen LogP contribution in [-0.2, 0) is 4.74 Å². The molecule has 1 amide bonds. The summed E-state index contributed by atoms with van der Waals surface area (Å²) in [4.78, 5) is 16.1. The standard InChI is InChI=1S/C18H23N3O4/c1-11(2)25-16-8-14-12(7-15(16)17(19)22)3-4-21-18(14)24-10-13-9-23-6-5-20-13/h3-4,7-8,11,13,20H,5-6,9-10H2,1-2H3,(H2,19,22)/t13-/m1/s1. The molecule has 2 aromatic rings. The predicted molar refractivity (Wildman–Crippen MR) is 94.1 cm³/mol. The Morgan fingerprint density at radius 3 is 3.00 bits per heavy atom. The van der Waals surface area contributed by atoms with Gasteiger partial charge in [0.1, 0.15) is 12.4 Å². The number of nitrogens with two attached hydrogens (primary N) is 1. The zero-order valence-electron chi connectivity index (χ0n) is 14.5. The van der Waals surface area contributed by atoms with Gasteiger partial charge < -0.3 is 25.3 Å². The van der Waals surface area contributed by atoms with E-state index in [1.807, 2.05) is 19.9 Å². The number of fused-ring (bicyclic) bond motifs is 1. The highest BCUT2D eigenvalue weighted by Gasteiger charge is 2.17. The molecule has 0 aliphatic carbocycles. The highest BCUT2D eigenvalue weighted by atomic mass is 16.5. The molecule has 1 saturated heterocycles. The van der Waals surface area contributed by atoms with Crippen molar-refractivity contribution < 1.29 is 19.0 Å². The van der Waals surface area contributed by atoms with E-state index in [0.29, 0.717) is 30.4 Å². The molecule has 3 N–H and O–H groups in total. The van der Waals surface area contributed by atoms with Crippen molar-refractivity contribution in [1.82, 2.24) is 10.3 Å². The van der Waals surface area contributed by atoms with Crippen molar-refractivity contribution >= 4 is 16.7 Å². The maximum Gasteiger partial charge on any atom is 0.252 e. The summed E-state index contributed by atoms with van der Waals surface area (Å²) in [6, 6.07) is 5.42. The second kappa shape index (κ2) is 7.67. The van der Waals surface area contributed by atoms with Crippen LogP contribution in [0.5, 0.6) is 11.6 Å². The molecule has 25 heavy (non-hydrogen) atoms. The van der Waals surface area contributed by atoms with Gasteiger partial charge in [-0.3, -0.25) is 4.79 Å². The van der Waals surface area contributed by atoms with E-state index in [1.54, 1.807) is 18.3 Å². The van der Waals surface area contributed by atoms with Gasteiger partial charge in [-0.1, -0.05) is 0 Å².